The van der Waals surface area contributed by atoms with Gasteiger partial charge in [-0.3, -0.25) is 4.79 Å². The monoisotopic (exact) mass is 517 g/mol. The molecular formula is C25H35N5O7. The van der Waals surface area contributed by atoms with Crippen molar-refractivity contribution in [1.29, 1.82) is 0 Å². The van der Waals surface area contributed by atoms with E-state index in [1.54, 1.807) is 32.9 Å². The number of imidazole rings is 1. The molecule has 0 aliphatic rings. The number of carbonyl (C=O) groups is 4. The molecule has 2 rings (SSSR count). The van der Waals surface area contributed by atoms with Crippen molar-refractivity contribution in [2.24, 2.45) is 0 Å². The number of ether oxygens (including phenoxy) is 2. The van der Waals surface area contributed by atoms with Crippen LogP contribution in [0.25, 0.3) is 0 Å². The van der Waals surface area contributed by atoms with Gasteiger partial charge in [0.05, 0.1) is 6.33 Å². The van der Waals surface area contributed by atoms with Gasteiger partial charge >= 0.3 is 18.2 Å². The molecule has 3 amide bonds. The molecule has 12 heteroatoms. The Bertz CT molecular complexity index is 1010. The maximum Gasteiger partial charge on any atom is 0.408 e. The van der Waals surface area contributed by atoms with Crippen LogP contribution in [0, 0.1) is 0 Å². The number of alkyl carbamates (subject to hydrolysis) is 2. The summed E-state index contributed by atoms with van der Waals surface area (Å²) in [7, 11) is 0. The van der Waals surface area contributed by atoms with Gasteiger partial charge in [0, 0.05) is 24.9 Å². The number of aliphatic carboxylic acids is 1. The Labute approximate surface area is 215 Å². The molecule has 0 bridgehead atoms. The number of aromatic amines is 1. The minimum atomic E-state index is -1.21. The number of carboxylic acid groups (broad SMARTS) is 1. The maximum absolute atomic E-state index is 13.0. The van der Waals surface area contributed by atoms with Gasteiger partial charge in [-0.2, -0.15) is 0 Å². The molecule has 0 saturated carbocycles. The Kier molecular flexibility index (Phi) is 11.4. The predicted octanol–water partition coefficient (Wildman–Crippen LogP) is 2.51. The van der Waals surface area contributed by atoms with Crippen LogP contribution in [0.15, 0.2) is 42.9 Å². The van der Waals surface area contributed by atoms with Crippen molar-refractivity contribution in [2.45, 2.75) is 70.7 Å². The van der Waals surface area contributed by atoms with Gasteiger partial charge in [-0.1, -0.05) is 30.3 Å². The van der Waals surface area contributed by atoms with Crippen molar-refractivity contribution in [2.75, 3.05) is 6.54 Å². The number of benzene rings is 1. The van der Waals surface area contributed by atoms with Gasteiger partial charge in [-0.05, 0) is 45.6 Å². The Morgan fingerprint density at radius 2 is 1.76 bits per heavy atom. The summed E-state index contributed by atoms with van der Waals surface area (Å²) in [5.74, 6) is -1.88. The molecule has 1 aromatic heterocycles. The highest BCUT2D eigenvalue weighted by Crippen LogP contribution is 2.08. The van der Waals surface area contributed by atoms with Crippen molar-refractivity contribution in [3.05, 3.63) is 54.1 Å². The van der Waals surface area contributed by atoms with E-state index >= 15 is 0 Å². The van der Waals surface area contributed by atoms with Gasteiger partial charge in [0.2, 0.25) is 5.91 Å². The van der Waals surface area contributed by atoms with Crippen LogP contribution in [-0.2, 0) is 32.1 Å². The summed E-state index contributed by atoms with van der Waals surface area (Å²) in [6, 6.07) is 6.77. The zero-order valence-electron chi connectivity index (χ0n) is 21.3. The minimum Gasteiger partial charge on any atom is -0.480 e. The van der Waals surface area contributed by atoms with Crippen molar-refractivity contribution in [1.82, 2.24) is 25.9 Å². The minimum absolute atomic E-state index is 0.0140. The third-order valence-corrected chi connectivity index (χ3v) is 5.00. The van der Waals surface area contributed by atoms with Crippen LogP contribution in [0.4, 0.5) is 9.59 Å². The molecule has 0 fully saturated rings. The molecule has 12 nitrogen and oxygen atoms in total. The average Bonchev–Trinajstić information content (AvgIpc) is 3.34. The van der Waals surface area contributed by atoms with Crippen LogP contribution < -0.4 is 16.0 Å². The highest BCUT2D eigenvalue weighted by Gasteiger charge is 2.27. The van der Waals surface area contributed by atoms with Crippen LogP contribution >= 0.6 is 0 Å². The summed E-state index contributed by atoms with van der Waals surface area (Å²) in [6.45, 7) is 5.57. The number of carboxylic acids is 1. The van der Waals surface area contributed by atoms with E-state index < -0.39 is 41.7 Å². The number of amides is 3. The first-order chi connectivity index (χ1) is 17.5. The molecule has 0 radical (unpaired) electrons. The number of carbonyl (C=O) groups excluding carboxylic acids is 3. The fourth-order valence-corrected chi connectivity index (χ4v) is 3.24. The normalized spacial score (nSPS) is 12.6. The Hall–Kier alpha value is -4.09. The van der Waals surface area contributed by atoms with Crippen LogP contribution in [0.2, 0.25) is 0 Å². The lowest BCUT2D eigenvalue weighted by molar-refractivity contribution is -0.142. The highest BCUT2D eigenvalue weighted by molar-refractivity contribution is 5.89. The standard InChI is InChI=1S/C25H35N5O7/c1-25(2,3)37-23(34)27-12-8-7-11-19(22(32)33)29-21(31)20(13-18-14-26-16-28-18)30-24(35)36-15-17-9-5-4-6-10-17/h4-6,9-10,14,16,19-20H,7-8,11-13,15H2,1-3H3,(H,26,28)(H,27,34)(H,29,31)(H,30,35)(H,32,33)/t19-,20-/m0/s1. The quantitative estimate of drug-likeness (QED) is 0.252. The Morgan fingerprint density at radius 3 is 2.38 bits per heavy atom. The van der Waals surface area contributed by atoms with E-state index in [-0.39, 0.29) is 19.4 Å². The summed E-state index contributed by atoms with van der Waals surface area (Å²) < 4.78 is 10.4. The van der Waals surface area contributed by atoms with Crippen LogP contribution in [0.1, 0.15) is 51.3 Å². The van der Waals surface area contributed by atoms with Gasteiger partial charge in [-0.15, -0.1) is 0 Å². The largest absolute Gasteiger partial charge is 0.480 e. The molecule has 0 saturated heterocycles. The third kappa shape index (κ3) is 11.9. The summed E-state index contributed by atoms with van der Waals surface area (Å²) >= 11 is 0. The lowest BCUT2D eigenvalue weighted by atomic mass is 10.1. The molecular weight excluding hydrogens is 482 g/mol. The first-order valence-corrected chi connectivity index (χ1v) is 12.0. The van der Waals surface area contributed by atoms with E-state index in [0.717, 1.165) is 5.56 Å². The topological polar surface area (TPSA) is 172 Å². The summed E-state index contributed by atoms with van der Waals surface area (Å²) in [5.41, 5.74) is 0.736. The van der Waals surface area contributed by atoms with E-state index in [4.69, 9.17) is 9.47 Å². The molecule has 5 N–H and O–H groups in total. The maximum atomic E-state index is 13.0. The number of hydrogen-bond donors (Lipinski definition) is 5. The molecule has 0 aliphatic heterocycles. The van der Waals surface area contributed by atoms with Crippen molar-refractivity contribution < 1.29 is 33.8 Å². The van der Waals surface area contributed by atoms with E-state index in [1.165, 1.54) is 12.5 Å². The summed E-state index contributed by atoms with van der Waals surface area (Å²) in [6.07, 6.45) is 2.66. The summed E-state index contributed by atoms with van der Waals surface area (Å²) in [5, 5.41) is 17.2. The molecule has 37 heavy (non-hydrogen) atoms. The molecule has 0 spiro atoms. The second-order valence-corrected chi connectivity index (χ2v) is 9.36. The third-order valence-electron chi connectivity index (χ3n) is 5.00. The first kappa shape index (κ1) is 29.1. The molecule has 202 valence electrons. The lowest BCUT2D eigenvalue weighted by Crippen LogP contribution is -2.52. The molecule has 0 aliphatic carbocycles. The number of nitrogens with zero attached hydrogens (tertiary/aromatic N) is 1. The van der Waals surface area contributed by atoms with Crippen LogP contribution in [0.3, 0.4) is 0 Å². The molecule has 0 unspecified atom stereocenters. The van der Waals surface area contributed by atoms with Gasteiger partial charge in [0.25, 0.3) is 0 Å². The van der Waals surface area contributed by atoms with E-state index in [2.05, 4.69) is 25.9 Å². The van der Waals surface area contributed by atoms with Crippen molar-refractivity contribution in [3.8, 4) is 0 Å². The van der Waals surface area contributed by atoms with Gasteiger partial charge in [-0.25, -0.2) is 19.4 Å². The zero-order chi connectivity index (χ0) is 27.3. The molecule has 1 heterocycles. The zero-order valence-corrected chi connectivity index (χ0v) is 21.3. The van der Waals surface area contributed by atoms with E-state index in [0.29, 0.717) is 25.1 Å². The van der Waals surface area contributed by atoms with E-state index in [1.807, 2.05) is 18.2 Å². The smallest absolute Gasteiger partial charge is 0.408 e. The van der Waals surface area contributed by atoms with E-state index in [9.17, 15) is 24.3 Å². The SMILES string of the molecule is CC(C)(C)OC(=O)NCCCC[C@H](NC(=O)[C@H](Cc1cnc[nH]1)NC(=O)OCc1ccccc1)C(=O)O. The lowest BCUT2D eigenvalue weighted by Gasteiger charge is -2.21. The fraction of sp³-hybridized carbons (Fsp3) is 0.480. The fourth-order valence-electron chi connectivity index (χ4n) is 3.24. The van der Waals surface area contributed by atoms with Gasteiger partial charge < -0.3 is 35.5 Å². The number of unbranched alkanes of at least 4 members (excludes halogenated alkanes) is 1. The Balaban J connectivity index is 1.88. The molecule has 1 aromatic carbocycles. The van der Waals surface area contributed by atoms with Crippen LogP contribution in [0.5, 0.6) is 0 Å². The van der Waals surface area contributed by atoms with Crippen molar-refractivity contribution in [3.63, 3.8) is 0 Å². The average molecular weight is 518 g/mol. The molecule has 2 atom stereocenters. The Morgan fingerprint density at radius 1 is 1.03 bits per heavy atom. The molecule has 2 aromatic rings. The number of nitrogens with one attached hydrogen (secondary N) is 4. The second kappa shape index (κ2) is 14.5. The summed E-state index contributed by atoms with van der Waals surface area (Å²) in [4.78, 5) is 55.5. The number of H-pyrrole nitrogens is 1. The number of rotatable bonds is 13. The van der Waals surface area contributed by atoms with Gasteiger partial charge in [0.1, 0.15) is 24.3 Å². The number of aromatic nitrogens is 2. The number of hydrogen-bond acceptors (Lipinski definition) is 7. The van der Waals surface area contributed by atoms with Crippen molar-refractivity contribution >= 4 is 24.1 Å². The predicted molar refractivity (Wildman–Crippen MR) is 133 cm³/mol. The second-order valence-electron chi connectivity index (χ2n) is 9.36. The van der Waals surface area contributed by atoms with Crippen LogP contribution in [-0.4, -0.2) is 63.4 Å². The first-order valence-electron chi connectivity index (χ1n) is 12.0. The highest BCUT2D eigenvalue weighted by atomic mass is 16.6. The van der Waals surface area contributed by atoms with Gasteiger partial charge in [0.15, 0.2) is 0 Å².